The van der Waals surface area contributed by atoms with Crippen molar-refractivity contribution >= 4 is 11.7 Å². The normalized spacial score (nSPS) is 25.6. The van der Waals surface area contributed by atoms with E-state index in [1.165, 1.54) is 12.2 Å². The summed E-state index contributed by atoms with van der Waals surface area (Å²) in [7, 11) is 1.69. The lowest BCUT2D eigenvalue weighted by Gasteiger charge is -2.36. The van der Waals surface area contributed by atoms with Crippen molar-refractivity contribution in [2.24, 2.45) is 17.8 Å². The van der Waals surface area contributed by atoms with Crippen LogP contribution in [0.15, 0.2) is 35.5 Å². The first kappa shape index (κ1) is 31.6. The minimum Gasteiger partial charge on any atom is -0.379 e. The van der Waals surface area contributed by atoms with Crippen LogP contribution < -0.4 is 4.90 Å². The van der Waals surface area contributed by atoms with Gasteiger partial charge in [-0.15, -0.1) is 0 Å². The monoisotopic (exact) mass is 610 g/mol. The molecule has 12 heteroatoms. The second-order valence-corrected chi connectivity index (χ2v) is 11.9. The molecular formula is C31H39F5N4O3. The Balaban J connectivity index is 1.25. The molecule has 1 aromatic rings. The van der Waals surface area contributed by atoms with Crippen LogP contribution >= 0.6 is 0 Å². The van der Waals surface area contributed by atoms with E-state index < -0.39 is 30.3 Å². The fourth-order valence-corrected chi connectivity index (χ4v) is 6.51. The molecule has 3 atom stereocenters. The number of allylic oxidation sites excluding steroid dienone is 3. The number of likely N-dealkylation sites (tertiary alicyclic amines) is 1. The van der Waals surface area contributed by atoms with Gasteiger partial charge in [0.1, 0.15) is 11.5 Å². The zero-order chi connectivity index (χ0) is 30.7. The molecule has 5 rings (SSSR count). The molecule has 3 aliphatic heterocycles. The van der Waals surface area contributed by atoms with Crippen molar-refractivity contribution in [2.45, 2.75) is 64.2 Å². The van der Waals surface area contributed by atoms with Gasteiger partial charge in [0.2, 0.25) is 0 Å². The largest absolute Gasteiger partial charge is 0.395 e. The number of methoxy groups -OCH3 is 1. The number of piperidine rings is 1. The number of aromatic nitrogens is 2. The van der Waals surface area contributed by atoms with E-state index in [4.69, 9.17) is 9.47 Å². The zero-order valence-electron chi connectivity index (χ0n) is 24.6. The quantitative estimate of drug-likeness (QED) is 0.270. The summed E-state index contributed by atoms with van der Waals surface area (Å²) in [5.41, 5.74) is 1.76. The van der Waals surface area contributed by atoms with Crippen molar-refractivity contribution in [3.05, 3.63) is 52.5 Å². The van der Waals surface area contributed by atoms with E-state index in [1.54, 1.807) is 23.8 Å². The van der Waals surface area contributed by atoms with Gasteiger partial charge in [0.15, 0.2) is 5.82 Å². The van der Waals surface area contributed by atoms with E-state index in [9.17, 15) is 26.7 Å². The lowest BCUT2D eigenvalue weighted by molar-refractivity contribution is -0.161. The van der Waals surface area contributed by atoms with Gasteiger partial charge in [-0.2, -0.15) is 13.2 Å². The summed E-state index contributed by atoms with van der Waals surface area (Å²) in [6.07, 6.45) is 3.50. The lowest BCUT2D eigenvalue weighted by atomic mass is 9.85. The van der Waals surface area contributed by atoms with E-state index in [-0.39, 0.29) is 30.6 Å². The molecule has 2 saturated heterocycles. The van der Waals surface area contributed by atoms with Crippen LogP contribution in [0, 0.1) is 24.7 Å². The number of hydrogen-bond donors (Lipinski definition) is 0. The average molecular weight is 611 g/mol. The van der Waals surface area contributed by atoms with Crippen molar-refractivity contribution in [2.75, 3.05) is 51.4 Å². The molecule has 1 aliphatic carbocycles. The summed E-state index contributed by atoms with van der Waals surface area (Å²) >= 11 is 0. The Kier molecular flexibility index (Phi) is 9.85. The third-order valence-corrected chi connectivity index (χ3v) is 9.15. The molecule has 1 aromatic heterocycles. The second-order valence-electron chi connectivity index (χ2n) is 11.9. The van der Waals surface area contributed by atoms with Gasteiger partial charge < -0.3 is 19.3 Å². The van der Waals surface area contributed by atoms with Crippen LogP contribution in [0.2, 0.25) is 0 Å². The van der Waals surface area contributed by atoms with E-state index in [2.05, 4.69) is 22.1 Å². The summed E-state index contributed by atoms with van der Waals surface area (Å²) in [6, 6.07) is 0. The van der Waals surface area contributed by atoms with Crippen LogP contribution in [-0.2, 0) is 9.47 Å². The number of alkyl halides is 5. The molecule has 0 spiro atoms. The van der Waals surface area contributed by atoms with Crippen LogP contribution in [0.3, 0.4) is 0 Å². The van der Waals surface area contributed by atoms with Crippen molar-refractivity contribution in [3.63, 3.8) is 0 Å². The molecule has 0 saturated carbocycles. The number of carbonyl (C=O) groups is 1. The van der Waals surface area contributed by atoms with Crippen molar-refractivity contribution in [1.29, 1.82) is 0 Å². The third kappa shape index (κ3) is 7.28. The summed E-state index contributed by atoms with van der Waals surface area (Å²) in [4.78, 5) is 25.0. The first-order valence-corrected chi connectivity index (χ1v) is 15.0. The molecule has 4 heterocycles. The first-order chi connectivity index (χ1) is 20.5. The van der Waals surface area contributed by atoms with Crippen molar-refractivity contribution in [3.8, 4) is 0 Å². The van der Waals surface area contributed by atoms with Crippen LogP contribution in [0.5, 0.6) is 0 Å². The second kappa shape index (κ2) is 13.4. The minimum absolute atomic E-state index is 0.0589. The Morgan fingerprint density at radius 1 is 1.19 bits per heavy atom. The van der Waals surface area contributed by atoms with Crippen molar-refractivity contribution < 1.29 is 36.2 Å². The van der Waals surface area contributed by atoms with Gasteiger partial charge in [-0.1, -0.05) is 24.3 Å². The number of ether oxygens (including phenoxy) is 2. The summed E-state index contributed by atoms with van der Waals surface area (Å²) < 4.78 is 79.0. The van der Waals surface area contributed by atoms with Crippen LogP contribution in [0.25, 0.3) is 0 Å². The predicted molar refractivity (Wildman–Crippen MR) is 151 cm³/mol. The molecule has 2 fully saturated rings. The van der Waals surface area contributed by atoms with E-state index in [0.717, 1.165) is 37.9 Å². The highest BCUT2D eigenvalue weighted by molar-refractivity contribution is 5.95. The molecule has 1 unspecified atom stereocenters. The fraction of sp³-hybridized carbons (Fsp3) is 0.645. The van der Waals surface area contributed by atoms with E-state index >= 15 is 0 Å². The summed E-state index contributed by atoms with van der Waals surface area (Å²) in [5, 5.41) is 0. The Morgan fingerprint density at radius 2 is 1.95 bits per heavy atom. The molecule has 43 heavy (non-hydrogen) atoms. The molecular weight excluding hydrogens is 571 g/mol. The number of rotatable bonds is 7. The highest BCUT2D eigenvalue weighted by Gasteiger charge is 2.41. The standard InChI is InChI=1S/C31H39F5N4O3/c1-19-26(30(41)39-12-8-20(9-13-39)4-3-5-22-11-15-43-18-25(22)42-2)37-28(27(32)33)38-29(19)40-14-10-21-6-7-24(31(34,35)36)16-23(21)17-40/h3,5-7,20,22,24-25,27H,4,8-18H2,1-2H3/b5-3+/t22-,24?,25+/m0/s1. The number of halogens is 5. The number of nitrogens with zero attached hydrogens (tertiary/aromatic N) is 4. The Hall–Kier alpha value is -2.86. The van der Waals surface area contributed by atoms with Gasteiger partial charge in [-0.3, -0.25) is 4.79 Å². The molecule has 0 radical (unpaired) electrons. The first-order valence-electron chi connectivity index (χ1n) is 15.0. The molecule has 0 aromatic carbocycles. The van der Waals surface area contributed by atoms with Gasteiger partial charge in [0.05, 0.1) is 18.6 Å². The maximum absolute atomic E-state index is 13.9. The van der Waals surface area contributed by atoms with Gasteiger partial charge >= 0.3 is 6.18 Å². The van der Waals surface area contributed by atoms with Crippen molar-refractivity contribution in [1.82, 2.24) is 14.9 Å². The maximum atomic E-state index is 13.9. The molecule has 4 aliphatic rings. The number of anilines is 1. The molecule has 7 nitrogen and oxygen atoms in total. The topological polar surface area (TPSA) is 67.8 Å². The summed E-state index contributed by atoms with van der Waals surface area (Å²) in [5.74, 6) is -1.84. The van der Waals surface area contributed by atoms with Gasteiger partial charge in [-0.05, 0) is 62.5 Å². The Bertz CT molecular complexity index is 1260. The van der Waals surface area contributed by atoms with Crippen LogP contribution in [-0.4, -0.2) is 79.6 Å². The average Bonchev–Trinajstić information content (AvgIpc) is 3.00. The smallest absolute Gasteiger partial charge is 0.379 e. The highest BCUT2D eigenvalue weighted by atomic mass is 19.4. The van der Waals surface area contributed by atoms with Crippen LogP contribution in [0.1, 0.15) is 66.8 Å². The minimum atomic E-state index is -4.35. The third-order valence-electron chi connectivity index (χ3n) is 9.15. The van der Waals surface area contributed by atoms with E-state index in [0.29, 0.717) is 55.6 Å². The number of amides is 1. The zero-order valence-corrected chi connectivity index (χ0v) is 24.6. The maximum Gasteiger partial charge on any atom is 0.395 e. The predicted octanol–water partition coefficient (Wildman–Crippen LogP) is 6.22. The lowest BCUT2D eigenvalue weighted by Crippen LogP contribution is -2.40. The molecule has 0 bridgehead atoms. The highest BCUT2D eigenvalue weighted by Crippen LogP contribution is 2.39. The Morgan fingerprint density at radius 3 is 2.65 bits per heavy atom. The fourth-order valence-electron chi connectivity index (χ4n) is 6.51. The number of carbonyl (C=O) groups excluding carboxylic acids is 1. The van der Waals surface area contributed by atoms with Gasteiger partial charge in [0, 0.05) is 51.4 Å². The van der Waals surface area contributed by atoms with E-state index in [1.807, 2.05) is 0 Å². The SMILES string of the molecule is CO[C@@H]1COCC[C@@H]1/C=C/CC1CCN(C(=O)c2nc(C(F)F)nc(N3CCC4=C(CC(C(F)(F)F)C=C4)C3)c2C)CC1. The molecule has 1 amide bonds. The number of hydrogen-bond acceptors (Lipinski definition) is 6. The van der Waals surface area contributed by atoms with Gasteiger partial charge in [0.25, 0.3) is 12.3 Å². The van der Waals surface area contributed by atoms with Crippen LogP contribution in [0.4, 0.5) is 27.8 Å². The molecule has 0 N–H and O–H groups in total. The summed E-state index contributed by atoms with van der Waals surface area (Å²) in [6.45, 7) is 4.45. The van der Waals surface area contributed by atoms with Gasteiger partial charge in [-0.25, -0.2) is 18.7 Å². The molecule has 236 valence electrons. The Labute approximate surface area is 248 Å².